The summed E-state index contributed by atoms with van der Waals surface area (Å²) in [4.78, 5) is 25.4. The van der Waals surface area contributed by atoms with Crippen molar-refractivity contribution in [2.24, 2.45) is 0 Å². The maximum Gasteiger partial charge on any atom is 0.268 e. The monoisotopic (exact) mass is 865 g/mol. The van der Waals surface area contributed by atoms with E-state index in [1.165, 1.54) is 128 Å². The summed E-state index contributed by atoms with van der Waals surface area (Å²) in [6.45, 7) is 4.61. The highest BCUT2D eigenvalue weighted by atomic mass is 31.2. The van der Waals surface area contributed by atoms with Crippen LogP contribution in [-0.2, 0) is 18.4 Å². The first-order valence-corrected chi connectivity index (χ1v) is 26.4. The van der Waals surface area contributed by atoms with Crippen molar-refractivity contribution in [3.63, 3.8) is 0 Å². The van der Waals surface area contributed by atoms with Crippen molar-refractivity contribution < 1.29 is 32.9 Å². The molecule has 0 aromatic carbocycles. The number of nitrogens with zero attached hydrogens (tertiary/aromatic N) is 1. The van der Waals surface area contributed by atoms with Gasteiger partial charge in [-0.25, -0.2) is 0 Å². The van der Waals surface area contributed by atoms with Gasteiger partial charge in [0.15, 0.2) is 0 Å². The zero-order chi connectivity index (χ0) is 44.3. The lowest BCUT2D eigenvalue weighted by Crippen LogP contribution is -2.46. The molecule has 0 radical (unpaired) electrons. The van der Waals surface area contributed by atoms with Crippen LogP contribution in [0.25, 0.3) is 0 Å². The van der Waals surface area contributed by atoms with Crippen molar-refractivity contribution in [3.8, 4) is 0 Å². The van der Waals surface area contributed by atoms with Crippen LogP contribution in [-0.4, -0.2) is 68.5 Å². The Hall–Kier alpha value is -1.54. The molecule has 0 aliphatic rings. The Kier molecular flexibility index (Phi) is 41.6. The van der Waals surface area contributed by atoms with Crippen LogP contribution in [0.3, 0.4) is 0 Å². The first-order valence-electron chi connectivity index (χ1n) is 25.0. The molecule has 3 unspecified atom stereocenters. The molecule has 0 saturated carbocycles. The number of phosphoric ester groups is 1. The summed E-state index contributed by atoms with van der Waals surface area (Å²) in [5.41, 5.74) is 0. The third-order valence-corrected chi connectivity index (χ3v) is 12.0. The van der Waals surface area contributed by atoms with Gasteiger partial charge in [-0.3, -0.25) is 9.36 Å². The molecule has 8 nitrogen and oxygen atoms in total. The molecule has 0 bridgehead atoms. The molecule has 0 saturated heterocycles. The predicted molar refractivity (Wildman–Crippen MR) is 256 cm³/mol. The molecular weight excluding hydrogens is 768 g/mol. The first-order chi connectivity index (χ1) is 29.0. The molecule has 3 atom stereocenters. The van der Waals surface area contributed by atoms with Gasteiger partial charge in [0.1, 0.15) is 13.2 Å². The van der Waals surface area contributed by atoms with Gasteiger partial charge in [-0.2, -0.15) is 0 Å². The lowest BCUT2D eigenvalue weighted by Gasteiger charge is -2.30. The second-order valence-electron chi connectivity index (χ2n) is 18.1. The van der Waals surface area contributed by atoms with Gasteiger partial charge < -0.3 is 28.8 Å². The number of carbonyl (C=O) groups excluding carboxylic acids is 1. The smallest absolute Gasteiger partial charge is 0.268 e. The van der Waals surface area contributed by atoms with Gasteiger partial charge >= 0.3 is 0 Å². The second kappa shape index (κ2) is 42.7. The van der Waals surface area contributed by atoms with E-state index in [9.17, 15) is 19.4 Å². The summed E-state index contributed by atoms with van der Waals surface area (Å²) < 4.78 is 23.3. The molecule has 0 spiro atoms. The number of carbonyl (C=O) groups is 1. The number of hydrogen-bond donors (Lipinski definition) is 2. The maximum atomic E-state index is 12.9. The first kappa shape index (κ1) is 58.5. The van der Waals surface area contributed by atoms with Crippen LogP contribution < -0.4 is 10.2 Å². The molecule has 0 fully saturated rings. The van der Waals surface area contributed by atoms with E-state index in [0.29, 0.717) is 23.9 Å². The van der Waals surface area contributed by atoms with Crippen molar-refractivity contribution in [2.45, 2.75) is 231 Å². The van der Waals surface area contributed by atoms with E-state index in [2.05, 4.69) is 67.8 Å². The number of likely N-dealkylation sites (N-methyl/N-ethyl adjacent to an activating group) is 1. The number of hydrogen-bond acceptors (Lipinski definition) is 6. The fourth-order valence-corrected chi connectivity index (χ4v) is 7.87. The Labute approximate surface area is 371 Å². The van der Waals surface area contributed by atoms with E-state index in [-0.39, 0.29) is 19.1 Å². The van der Waals surface area contributed by atoms with Crippen LogP contribution >= 0.6 is 7.82 Å². The van der Waals surface area contributed by atoms with Crippen LogP contribution in [0.5, 0.6) is 0 Å². The van der Waals surface area contributed by atoms with Crippen LogP contribution in [0.1, 0.15) is 219 Å². The fourth-order valence-electron chi connectivity index (χ4n) is 7.15. The van der Waals surface area contributed by atoms with Crippen LogP contribution in [0.15, 0.2) is 48.6 Å². The summed E-state index contributed by atoms with van der Waals surface area (Å²) >= 11 is 0. The molecule has 9 heteroatoms. The van der Waals surface area contributed by atoms with E-state index in [1.807, 2.05) is 21.1 Å². The molecular formula is C51H97N2O6P. The average molecular weight is 865 g/mol. The van der Waals surface area contributed by atoms with Crippen LogP contribution in [0, 0.1) is 0 Å². The Morgan fingerprint density at radius 2 is 1.02 bits per heavy atom. The number of unbranched alkanes of at least 4 members (excludes halogenated alkanes) is 24. The van der Waals surface area contributed by atoms with Crippen LogP contribution in [0.2, 0.25) is 0 Å². The molecule has 352 valence electrons. The Morgan fingerprint density at radius 3 is 1.48 bits per heavy atom. The van der Waals surface area contributed by atoms with Gasteiger partial charge in [0.2, 0.25) is 5.91 Å². The van der Waals surface area contributed by atoms with Gasteiger partial charge in [0.05, 0.1) is 39.9 Å². The third-order valence-electron chi connectivity index (χ3n) is 11.1. The molecule has 0 heterocycles. The Balaban J connectivity index is 4.25. The predicted octanol–water partition coefficient (Wildman–Crippen LogP) is 13.8. The lowest BCUT2D eigenvalue weighted by molar-refractivity contribution is -0.870. The number of quaternary nitrogens is 1. The number of aliphatic hydroxyl groups is 1. The van der Waals surface area contributed by atoms with E-state index in [0.717, 1.165) is 64.2 Å². The van der Waals surface area contributed by atoms with Crippen molar-refractivity contribution in [3.05, 3.63) is 48.6 Å². The van der Waals surface area contributed by atoms with E-state index in [4.69, 9.17) is 9.05 Å². The molecule has 1 amide bonds. The highest BCUT2D eigenvalue weighted by Crippen LogP contribution is 2.38. The average Bonchev–Trinajstić information content (AvgIpc) is 3.20. The maximum absolute atomic E-state index is 12.9. The molecule has 0 aromatic rings. The van der Waals surface area contributed by atoms with Gasteiger partial charge in [-0.1, -0.05) is 210 Å². The second-order valence-corrected chi connectivity index (χ2v) is 19.6. The largest absolute Gasteiger partial charge is 0.756 e. The zero-order valence-corrected chi connectivity index (χ0v) is 40.8. The van der Waals surface area contributed by atoms with E-state index >= 15 is 0 Å². The highest BCUT2D eigenvalue weighted by molar-refractivity contribution is 7.45. The topological polar surface area (TPSA) is 108 Å². The standard InChI is InChI=1S/C51H97N2O6P/c1-6-8-10-12-14-16-18-20-22-23-24-25-26-27-28-29-31-33-35-37-39-41-43-45-51(55)52-49(48-59-60(56,57)58-47-46-53(3,4)5)50(54)44-42-40-38-36-34-32-30-21-19-17-15-13-11-9-7-2/h8,10,14,16,20,22,24-25,49-50,54H,6-7,9,11-13,15,17-19,21,23,26-48H2,1-5H3,(H-,52,55,56,57)/b10-8-,16-14-,22-20-,25-24-. The third kappa shape index (κ3) is 44.5. The zero-order valence-electron chi connectivity index (χ0n) is 39.9. The lowest BCUT2D eigenvalue weighted by atomic mass is 10.0. The molecule has 0 aliphatic carbocycles. The van der Waals surface area contributed by atoms with Crippen LogP contribution in [0.4, 0.5) is 0 Å². The molecule has 2 N–H and O–H groups in total. The number of aliphatic hydroxyl groups excluding tert-OH is 1. The number of nitrogens with one attached hydrogen (secondary N) is 1. The molecule has 0 aromatic heterocycles. The number of allylic oxidation sites excluding steroid dienone is 8. The minimum Gasteiger partial charge on any atom is -0.756 e. The van der Waals surface area contributed by atoms with E-state index in [1.54, 1.807) is 0 Å². The Bertz CT molecular complexity index is 1120. The van der Waals surface area contributed by atoms with E-state index < -0.39 is 20.0 Å². The summed E-state index contributed by atoms with van der Waals surface area (Å²) in [5, 5.41) is 14.0. The van der Waals surface area contributed by atoms with Gasteiger partial charge in [0.25, 0.3) is 7.82 Å². The highest BCUT2D eigenvalue weighted by Gasteiger charge is 2.24. The number of amides is 1. The summed E-state index contributed by atoms with van der Waals surface area (Å²) in [6, 6.07) is -0.803. The number of phosphoric acid groups is 1. The van der Waals surface area contributed by atoms with Crippen molar-refractivity contribution >= 4 is 13.7 Å². The summed E-state index contributed by atoms with van der Waals surface area (Å²) in [7, 11) is 1.30. The summed E-state index contributed by atoms with van der Waals surface area (Å²) in [5.74, 6) is -0.170. The van der Waals surface area contributed by atoms with Gasteiger partial charge in [-0.15, -0.1) is 0 Å². The molecule has 0 rings (SSSR count). The van der Waals surface area contributed by atoms with Crippen molar-refractivity contribution in [1.29, 1.82) is 0 Å². The Morgan fingerprint density at radius 1 is 0.600 bits per heavy atom. The normalized spacial score (nSPS) is 14.6. The minimum absolute atomic E-state index is 0.0102. The van der Waals surface area contributed by atoms with Gasteiger partial charge in [0, 0.05) is 6.42 Å². The quantitative estimate of drug-likeness (QED) is 0.0273. The summed E-state index contributed by atoms with van der Waals surface area (Å²) in [6.07, 6.45) is 54.0. The van der Waals surface area contributed by atoms with Crippen molar-refractivity contribution in [1.82, 2.24) is 5.32 Å². The van der Waals surface area contributed by atoms with Gasteiger partial charge in [-0.05, 0) is 51.4 Å². The fraction of sp³-hybridized carbons (Fsp3) is 0.824. The van der Waals surface area contributed by atoms with Crippen molar-refractivity contribution in [2.75, 3.05) is 40.9 Å². The molecule has 0 aliphatic heterocycles. The SMILES string of the molecule is CC/C=C\C/C=C\C/C=C\C/C=C\CCCCCCCCCCCCC(=O)NC(COP(=O)([O-])OCC[N+](C)(C)C)C(O)CCCCCCCCCCCCCCCCC. The number of rotatable bonds is 45. The molecule has 60 heavy (non-hydrogen) atoms. The minimum atomic E-state index is -4.57.